The molecule has 26 heavy (non-hydrogen) atoms. The summed E-state index contributed by atoms with van der Waals surface area (Å²) < 4.78 is 12.4. The number of benzene rings is 1. The molecule has 0 radical (unpaired) electrons. The first-order chi connectivity index (χ1) is 12.5. The van der Waals surface area contributed by atoms with Gasteiger partial charge in [0.05, 0.1) is 12.2 Å². The first-order valence-electron chi connectivity index (χ1n) is 8.30. The molecule has 134 valence electrons. The second-order valence-electron chi connectivity index (χ2n) is 6.50. The number of pyridine rings is 1. The Bertz CT molecular complexity index is 994. The SMILES string of the molecule is Cc1nc2ccccn2c1C(=O)NC[C@](C)(O)c1ccc2c(c1)OCO2. The highest BCUT2D eigenvalue weighted by molar-refractivity contribution is 5.94. The number of imidazole rings is 1. The summed E-state index contributed by atoms with van der Waals surface area (Å²) in [5.41, 5.74) is 1.18. The standard InChI is InChI=1S/C19H19N3O4/c1-12-17(22-8-4-3-5-16(22)21-12)18(23)20-10-19(2,24)13-6-7-14-15(9-13)26-11-25-14/h3-9,24H,10-11H2,1-2H3,(H,20,23)/t19-/m0/s1. The monoisotopic (exact) mass is 353 g/mol. The number of aromatic nitrogens is 2. The first-order valence-corrected chi connectivity index (χ1v) is 8.30. The Morgan fingerprint density at radius 1 is 1.31 bits per heavy atom. The molecule has 1 aliphatic rings. The predicted molar refractivity (Wildman–Crippen MR) is 94.4 cm³/mol. The van der Waals surface area contributed by atoms with Crippen LogP contribution < -0.4 is 14.8 Å². The number of hydrogen-bond donors (Lipinski definition) is 2. The molecule has 2 N–H and O–H groups in total. The molecule has 1 atom stereocenters. The number of nitrogens with zero attached hydrogens (tertiary/aromatic N) is 2. The fourth-order valence-corrected chi connectivity index (χ4v) is 3.06. The Kier molecular flexibility index (Phi) is 3.81. The van der Waals surface area contributed by atoms with E-state index in [9.17, 15) is 9.90 Å². The topological polar surface area (TPSA) is 85.1 Å². The molecule has 2 aromatic heterocycles. The highest BCUT2D eigenvalue weighted by atomic mass is 16.7. The van der Waals surface area contributed by atoms with Gasteiger partial charge in [-0.3, -0.25) is 9.20 Å². The molecule has 1 aromatic carbocycles. The highest BCUT2D eigenvalue weighted by Gasteiger charge is 2.27. The number of hydrogen-bond acceptors (Lipinski definition) is 5. The number of nitrogens with one attached hydrogen (secondary N) is 1. The number of aliphatic hydroxyl groups is 1. The molecule has 1 aliphatic heterocycles. The Labute approximate surface area is 150 Å². The van der Waals surface area contributed by atoms with E-state index in [1.165, 1.54) is 0 Å². The van der Waals surface area contributed by atoms with Crippen LogP contribution in [0, 0.1) is 6.92 Å². The van der Waals surface area contributed by atoms with E-state index < -0.39 is 5.60 Å². The summed E-state index contributed by atoms with van der Waals surface area (Å²) in [7, 11) is 0. The van der Waals surface area contributed by atoms with Crippen LogP contribution in [0.2, 0.25) is 0 Å². The Hall–Kier alpha value is -3.06. The Morgan fingerprint density at radius 2 is 2.12 bits per heavy atom. The zero-order chi connectivity index (χ0) is 18.3. The molecular formula is C19H19N3O4. The van der Waals surface area contributed by atoms with Crippen molar-refractivity contribution >= 4 is 11.6 Å². The third kappa shape index (κ3) is 2.76. The summed E-state index contributed by atoms with van der Waals surface area (Å²) in [4.78, 5) is 17.1. The van der Waals surface area contributed by atoms with Crippen LogP contribution in [0.1, 0.15) is 28.7 Å². The van der Waals surface area contributed by atoms with Gasteiger partial charge in [-0.25, -0.2) is 4.98 Å². The van der Waals surface area contributed by atoms with Gasteiger partial charge in [-0.05, 0) is 43.7 Å². The second-order valence-corrected chi connectivity index (χ2v) is 6.50. The lowest BCUT2D eigenvalue weighted by atomic mass is 9.95. The third-order valence-electron chi connectivity index (χ3n) is 4.51. The normalized spacial score (nSPS) is 15.0. The lowest BCUT2D eigenvalue weighted by molar-refractivity contribution is 0.0523. The molecule has 1 amide bonds. The summed E-state index contributed by atoms with van der Waals surface area (Å²) in [5, 5.41) is 13.6. The van der Waals surface area contributed by atoms with Gasteiger partial charge in [-0.15, -0.1) is 0 Å². The minimum absolute atomic E-state index is 0.0466. The van der Waals surface area contributed by atoms with Crippen LogP contribution >= 0.6 is 0 Å². The van der Waals surface area contributed by atoms with E-state index in [1.807, 2.05) is 18.2 Å². The van der Waals surface area contributed by atoms with Gasteiger partial charge >= 0.3 is 0 Å². The van der Waals surface area contributed by atoms with Gasteiger partial charge in [0.25, 0.3) is 5.91 Å². The molecule has 4 rings (SSSR count). The number of amides is 1. The van der Waals surface area contributed by atoms with Crippen molar-refractivity contribution in [2.45, 2.75) is 19.4 Å². The van der Waals surface area contributed by atoms with E-state index in [2.05, 4.69) is 10.3 Å². The minimum atomic E-state index is -1.26. The van der Waals surface area contributed by atoms with Crippen molar-refractivity contribution in [1.29, 1.82) is 0 Å². The van der Waals surface area contributed by atoms with Crippen molar-refractivity contribution in [1.82, 2.24) is 14.7 Å². The number of rotatable bonds is 4. The second kappa shape index (κ2) is 6.03. The van der Waals surface area contributed by atoms with Gasteiger partial charge in [0.15, 0.2) is 11.5 Å². The van der Waals surface area contributed by atoms with Crippen LogP contribution in [0.5, 0.6) is 11.5 Å². The van der Waals surface area contributed by atoms with Crippen LogP contribution in [0.15, 0.2) is 42.6 Å². The number of ether oxygens (including phenoxy) is 2. The Balaban J connectivity index is 1.54. The number of carbonyl (C=O) groups is 1. The van der Waals surface area contributed by atoms with Crippen LogP contribution in [0.25, 0.3) is 5.65 Å². The molecule has 7 heteroatoms. The van der Waals surface area contributed by atoms with Crippen molar-refractivity contribution < 1.29 is 19.4 Å². The average molecular weight is 353 g/mol. The lowest BCUT2D eigenvalue weighted by Gasteiger charge is -2.24. The molecule has 0 aliphatic carbocycles. The molecule has 0 saturated heterocycles. The van der Waals surface area contributed by atoms with E-state index in [-0.39, 0.29) is 19.2 Å². The molecule has 7 nitrogen and oxygen atoms in total. The average Bonchev–Trinajstić information content (AvgIpc) is 3.22. The zero-order valence-corrected chi connectivity index (χ0v) is 14.5. The largest absolute Gasteiger partial charge is 0.454 e. The van der Waals surface area contributed by atoms with Crippen LogP contribution in [0.3, 0.4) is 0 Å². The van der Waals surface area contributed by atoms with Crippen molar-refractivity contribution in [2.75, 3.05) is 13.3 Å². The fraction of sp³-hybridized carbons (Fsp3) is 0.263. The summed E-state index contributed by atoms with van der Waals surface area (Å²) in [5.74, 6) is 0.948. The molecule has 3 aromatic rings. The number of fused-ring (bicyclic) bond motifs is 2. The van der Waals surface area contributed by atoms with Crippen LogP contribution in [0.4, 0.5) is 0 Å². The predicted octanol–water partition coefficient (Wildman–Crippen LogP) is 2.01. The molecule has 0 unspecified atom stereocenters. The van der Waals surface area contributed by atoms with E-state index in [4.69, 9.17) is 9.47 Å². The van der Waals surface area contributed by atoms with Gasteiger partial charge < -0.3 is 19.9 Å². The van der Waals surface area contributed by atoms with Gasteiger partial charge in [0, 0.05) is 6.20 Å². The molecule has 0 spiro atoms. The minimum Gasteiger partial charge on any atom is -0.454 e. The highest BCUT2D eigenvalue weighted by Crippen LogP contribution is 2.35. The van der Waals surface area contributed by atoms with E-state index in [1.54, 1.807) is 42.6 Å². The maximum atomic E-state index is 12.7. The number of carbonyl (C=O) groups excluding carboxylic acids is 1. The van der Waals surface area contributed by atoms with Crippen molar-refractivity contribution in [3.8, 4) is 11.5 Å². The van der Waals surface area contributed by atoms with Gasteiger partial charge in [0.1, 0.15) is 16.9 Å². The fourth-order valence-electron chi connectivity index (χ4n) is 3.06. The van der Waals surface area contributed by atoms with E-state index in [0.29, 0.717) is 34.1 Å². The van der Waals surface area contributed by atoms with Crippen LogP contribution in [-0.4, -0.2) is 33.7 Å². The first kappa shape index (κ1) is 16.4. The van der Waals surface area contributed by atoms with Gasteiger partial charge in [-0.1, -0.05) is 12.1 Å². The van der Waals surface area contributed by atoms with E-state index in [0.717, 1.165) is 0 Å². The lowest BCUT2D eigenvalue weighted by Crippen LogP contribution is -2.39. The van der Waals surface area contributed by atoms with Crippen LogP contribution in [-0.2, 0) is 5.60 Å². The molecule has 0 bridgehead atoms. The molecule has 3 heterocycles. The van der Waals surface area contributed by atoms with Crippen molar-refractivity contribution in [2.24, 2.45) is 0 Å². The third-order valence-corrected chi connectivity index (χ3v) is 4.51. The summed E-state index contributed by atoms with van der Waals surface area (Å²) >= 11 is 0. The van der Waals surface area contributed by atoms with E-state index >= 15 is 0 Å². The summed E-state index contributed by atoms with van der Waals surface area (Å²) in [6.07, 6.45) is 1.79. The van der Waals surface area contributed by atoms with Gasteiger partial charge in [0.2, 0.25) is 6.79 Å². The van der Waals surface area contributed by atoms with Crippen molar-refractivity contribution in [3.05, 3.63) is 59.5 Å². The maximum absolute atomic E-state index is 12.7. The maximum Gasteiger partial charge on any atom is 0.270 e. The number of aryl methyl sites for hydroxylation is 1. The zero-order valence-electron chi connectivity index (χ0n) is 14.5. The van der Waals surface area contributed by atoms with Crippen molar-refractivity contribution in [3.63, 3.8) is 0 Å². The molecule has 0 fully saturated rings. The summed E-state index contributed by atoms with van der Waals surface area (Å²) in [6.45, 7) is 3.65. The quantitative estimate of drug-likeness (QED) is 0.749. The Morgan fingerprint density at radius 3 is 2.96 bits per heavy atom. The smallest absolute Gasteiger partial charge is 0.270 e. The molecule has 0 saturated carbocycles. The van der Waals surface area contributed by atoms with Gasteiger partial charge in [-0.2, -0.15) is 0 Å². The summed E-state index contributed by atoms with van der Waals surface area (Å²) in [6, 6.07) is 10.8. The molecular weight excluding hydrogens is 334 g/mol.